The first kappa shape index (κ1) is 92.5. The van der Waals surface area contributed by atoms with Crippen LogP contribution in [0.3, 0.4) is 0 Å². The Morgan fingerprint density at radius 3 is 0.863 bits per heavy atom. The van der Waals surface area contributed by atoms with Gasteiger partial charge in [-0.3, -0.25) is 37.3 Å². The molecule has 0 spiro atoms. The van der Waals surface area contributed by atoms with Crippen LogP contribution < -0.4 is 0 Å². The minimum Gasteiger partial charge on any atom is -0.462 e. The molecule has 0 saturated heterocycles. The second-order valence-electron chi connectivity index (χ2n) is 27.2. The van der Waals surface area contributed by atoms with Gasteiger partial charge in [0, 0.05) is 25.7 Å². The van der Waals surface area contributed by atoms with E-state index >= 15 is 0 Å². The van der Waals surface area contributed by atoms with Crippen molar-refractivity contribution in [3.63, 3.8) is 0 Å². The molecular formula is C76H144O17P2. The van der Waals surface area contributed by atoms with Gasteiger partial charge < -0.3 is 33.8 Å². The van der Waals surface area contributed by atoms with Gasteiger partial charge in [0.05, 0.1) is 26.4 Å². The Hall–Kier alpha value is -2.46. The van der Waals surface area contributed by atoms with E-state index in [4.69, 9.17) is 37.0 Å². The SMILES string of the molecule is CCCCCC/C=C\C=C/CCCCCCCC(=O)OC[C@H](COP(=O)(O)OC[C@@H](O)COP(=O)(O)OC[C@@H](COC(=O)CCCCCCCCCCCCC)OC(=O)CCCCCCCCCCC(C)C)OC(=O)CCCCCCCCCCCCCCCCCCCC. The number of carbonyl (C=O) groups is 4. The molecule has 0 amide bonds. The molecule has 0 rings (SSSR count). The average molecular weight is 1390 g/mol. The van der Waals surface area contributed by atoms with Crippen molar-refractivity contribution < 1.29 is 80.2 Å². The Morgan fingerprint density at radius 1 is 0.326 bits per heavy atom. The lowest BCUT2D eigenvalue weighted by atomic mass is 10.0. The van der Waals surface area contributed by atoms with Crippen LogP contribution in [0.15, 0.2) is 24.3 Å². The van der Waals surface area contributed by atoms with Gasteiger partial charge in [-0.15, -0.1) is 0 Å². The number of hydrogen-bond acceptors (Lipinski definition) is 15. The van der Waals surface area contributed by atoms with Crippen LogP contribution in [-0.4, -0.2) is 96.7 Å². The van der Waals surface area contributed by atoms with Crippen LogP contribution in [0.4, 0.5) is 0 Å². The fourth-order valence-corrected chi connectivity index (χ4v) is 12.7. The zero-order valence-corrected chi connectivity index (χ0v) is 63.1. The lowest BCUT2D eigenvalue weighted by Crippen LogP contribution is -2.30. The van der Waals surface area contributed by atoms with Gasteiger partial charge in [0.2, 0.25) is 0 Å². The molecule has 2 unspecified atom stereocenters. The van der Waals surface area contributed by atoms with E-state index in [0.29, 0.717) is 31.6 Å². The summed E-state index contributed by atoms with van der Waals surface area (Å²) in [4.78, 5) is 72.8. The van der Waals surface area contributed by atoms with Crippen LogP contribution in [0.25, 0.3) is 0 Å². The third kappa shape index (κ3) is 69.8. The highest BCUT2D eigenvalue weighted by molar-refractivity contribution is 7.47. The topological polar surface area (TPSA) is 237 Å². The minimum absolute atomic E-state index is 0.102. The first-order valence-electron chi connectivity index (χ1n) is 39.0. The van der Waals surface area contributed by atoms with Crippen molar-refractivity contribution in [2.45, 2.75) is 393 Å². The molecular weight excluding hydrogens is 1250 g/mol. The van der Waals surface area contributed by atoms with Crippen molar-refractivity contribution in [3.8, 4) is 0 Å². The molecule has 19 heteroatoms. The highest BCUT2D eigenvalue weighted by Gasteiger charge is 2.30. The van der Waals surface area contributed by atoms with Gasteiger partial charge in [-0.2, -0.15) is 0 Å². The summed E-state index contributed by atoms with van der Waals surface area (Å²) in [5.41, 5.74) is 0. The van der Waals surface area contributed by atoms with E-state index in [2.05, 4.69) is 58.9 Å². The first-order valence-corrected chi connectivity index (χ1v) is 41.9. The summed E-state index contributed by atoms with van der Waals surface area (Å²) < 4.78 is 68.5. The number of phosphoric ester groups is 2. The number of unbranched alkanes of at least 4 members (excludes halogenated alkanes) is 43. The number of aliphatic hydroxyl groups excluding tert-OH is 1. The Labute approximate surface area is 580 Å². The molecule has 5 atom stereocenters. The van der Waals surface area contributed by atoms with Crippen LogP contribution in [0.1, 0.15) is 375 Å². The molecule has 0 fully saturated rings. The molecule has 0 aromatic rings. The second-order valence-corrected chi connectivity index (χ2v) is 30.1. The third-order valence-electron chi connectivity index (χ3n) is 17.2. The Bertz CT molecular complexity index is 1920. The summed E-state index contributed by atoms with van der Waals surface area (Å²) in [6.45, 7) is 7.18. The summed E-state index contributed by atoms with van der Waals surface area (Å²) in [6.07, 6.45) is 60.5. The van der Waals surface area contributed by atoms with E-state index in [9.17, 15) is 43.2 Å². The fourth-order valence-electron chi connectivity index (χ4n) is 11.2. The van der Waals surface area contributed by atoms with E-state index in [1.54, 1.807) is 0 Å². The molecule has 0 saturated carbocycles. The molecule has 560 valence electrons. The predicted octanol–water partition coefficient (Wildman–Crippen LogP) is 22.0. The van der Waals surface area contributed by atoms with Gasteiger partial charge in [-0.05, 0) is 57.3 Å². The molecule has 0 aliphatic rings. The maximum Gasteiger partial charge on any atom is 0.472 e. The summed E-state index contributed by atoms with van der Waals surface area (Å²) >= 11 is 0. The van der Waals surface area contributed by atoms with Gasteiger partial charge in [0.25, 0.3) is 0 Å². The fraction of sp³-hybridized carbons (Fsp3) is 0.895. The monoisotopic (exact) mass is 1390 g/mol. The number of phosphoric acid groups is 2. The van der Waals surface area contributed by atoms with Gasteiger partial charge in [0.1, 0.15) is 19.3 Å². The number of hydrogen-bond donors (Lipinski definition) is 3. The normalized spacial score (nSPS) is 14.1. The first-order chi connectivity index (χ1) is 46.0. The number of aliphatic hydroxyl groups is 1. The maximum absolute atomic E-state index is 13.1. The molecule has 0 aromatic carbocycles. The van der Waals surface area contributed by atoms with Gasteiger partial charge in [-0.1, -0.05) is 322 Å². The van der Waals surface area contributed by atoms with Crippen molar-refractivity contribution >= 4 is 39.5 Å². The third-order valence-corrected chi connectivity index (χ3v) is 19.1. The molecule has 95 heavy (non-hydrogen) atoms. The molecule has 3 N–H and O–H groups in total. The smallest absolute Gasteiger partial charge is 0.462 e. The van der Waals surface area contributed by atoms with E-state index in [1.807, 2.05) is 0 Å². The second kappa shape index (κ2) is 68.7. The van der Waals surface area contributed by atoms with Crippen molar-refractivity contribution in [2.75, 3.05) is 39.6 Å². The molecule has 0 aliphatic carbocycles. The standard InChI is InChI=1S/C76H144O17P2/c1-6-9-12-15-18-21-24-26-28-29-30-32-34-37-40-46-51-56-61-75(80)92-71(65-87-74(79)60-55-50-45-39-36-33-31-27-25-22-19-16-13-10-7-2)67-90-94(82,83)88-63-70(77)64-89-95(84,85)91-68-72(93-76(81)62-57-52-47-42-41-43-48-53-58-69(4)5)66-86-73(78)59-54-49-44-38-35-23-20-17-14-11-8-3/h22,25,27,31,69-72,77H,6-21,23-24,26,28-30,32-68H2,1-5H3,(H,82,83)(H,84,85)/b25-22-,31-27-/t70-,71-,72-/m1/s1. The van der Waals surface area contributed by atoms with E-state index in [0.717, 1.165) is 109 Å². The maximum atomic E-state index is 13.1. The number of carbonyl (C=O) groups excluding carboxylic acids is 4. The predicted molar refractivity (Wildman–Crippen MR) is 386 cm³/mol. The molecule has 17 nitrogen and oxygen atoms in total. The zero-order valence-electron chi connectivity index (χ0n) is 61.3. The van der Waals surface area contributed by atoms with Crippen molar-refractivity contribution in [2.24, 2.45) is 5.92 Å². The van der Waals surface area contributed by atoms with Crippen LogP contribution in [0, 0.1) is 5.92 Å². The van der Waals surface area contributed by atoms with Gasteiger partial charge in [0.15, 0.2) is 12.2 Å². The summed E-state index contributed by atoms with van der Waals surface area (Å²) in [5, 5.41) is 10.6. The lowest BCUT2D eigenvalue weighted by Gasteiger charge is -2.21. The number of allylic oxidation sites excluding steroid dienone is 4. The number of rotatable bonds is 74. The van der Waals surface area contributed by atoms with Gasteiger partial charge >= 0.3 is 39.5 Å². The molecule has 0 bridgehead atoms. The van der Waals surface area contributed by atoms with Crippen LogP contribution in [-0.2, 0) is 65.4 Å². The molecule has 0 aliphatic heterocycles. The van der Waals surface area contributed by atoms with Crippen molar-refractivity contribution in [1.29, 1.82) is 0 Å². The summed E-state index contributed by atoms with van der Waals surface area (Å²) in [5.74, 6) is -1.43. The van der Waals surface area contributed by atoms with Crippen molar-refractivity contribution in [1.82, 2.24) is 0 Å². The highest BCUT2D eigenvalue weighted by Crippen LogP contribution is 2.45. The highest BCUT2D eigenvalue weighted by atomic mass is 31.2. The lowest BCUT2D eigenvalue weighted by molar-refractivity contribution is -0.161. The van der Waals surface area contributed by atoms with E-state index in [1.165, 1.54) is 180 Å². The van der Waals surface area contributed by atoms with E-state index in [-0.39, 0.29) is 25.7 Å². The molecule has 0 aromatic heterocycles. The van der Waals surface area contributed by atoms with Crippen molar-refractivity contribution in [3.05, 3.63) is 24.3 Å². The van der Waals surface area contributed by atoms with Crippen LogP contribution >= 0.6 is 15.6 Å². The van der Waals surface area contributed by atoms with Crippen LogP contribution in [0.5, 0.6) is 0 Å². The Kier molecular flexibility index (Phi) is 66.9. The summed E-state index contributed by atoms with van der Waals surface area (Å²) in [7, 11) is -9.92. The Morgan fingerprint density at radius 2 is 0.568 bits per heavy atom. The van der Waals surface area contributed by atoms with E-state index < -0.39 is 97.5 Å². The summed E-state index contributed by atoms with van der Waals surface area (Å²) in [6, 6.07) is 0. The van der Waals surface area contributed by atoms with Gasteiger partial charge in [-0.25, -0.2) is 9.13 Å². The minimum atomic E-state index is -4.96. The quantitative estimate of drug-likeness (QED) is 0.0169. The van der Waals surface area contributed by atoms with Crippen LogP contribution in [0.2, 0.25) is 0 Å². The molecule has 0 heterocycles. The Balaban J connectivity index is 5.27. The zero-order chi connectivity index (χ0) is 69.8. The number of ether oxygens (including phenoxy) is 4. The molecule has 0 radical (unpaired) electrons. The number of esters is 4. The average Bonchev–Trinajstić information content (AvgIpc) is 1.83. The largest absolute Gasteiger partial charge is 0.472 e.